The normalized spacial score (nSPS) is 10.9. The van der Waals surface area contributed by atoms with E-state index in [9.17, 15) is 25.5 Å². The maximum Gasteiger partial charge on any atom is 0.269 e. The number of benzene rings is 3. The lowest BCUT2D eigenvalue weighted by Gasteiger charge is -2.14. The lowest BCUT2D eigenvalue weighted by molar-refractivity contribution is -0.385. The van der Waals surface area contributed by atoms with Gasteiger partial charge in [0, 0.05) is 24.3 Å². The van der Waals surface area contributed by atoms with E-state index >= 15 is 0 Å². The first-order chi connectivity index (χ1) is 15.8. The average Bonchev–Trinajstić information content (AvgIpc) is 2.81. The van der Waals surface area contributed by atoms with Gasteiger partial charge in [-0.2, -0.15) is 5.26 Å². The summed E-state index contributed by atoms with van der Waals surface area (Å²) in [6, 6.07) is 17.5. The van der Waals surface area contributed by atoms with Gasteiger partial charge >= 0.3 is 0 Å². The van der Waals surface area contributed by atoms with Crippen LogP contribution in [0.25, 0.3) is 11.6 Å². The Morgan fingerprint density at radius 3 is 2.12 bits per heavy atom. The smallest absolute Gasteiger partial charge is 0.269 e. The zero-order chi connectivity index (χ0) is 24.0. The SMILES string of the molecule is COc1cc(/C=C(/C#N)c2ccc([N+](=O)[O-])cc2)cc(I)c1OCc1ccc([N+](=O)[O-])cc1. The number of nitrogens with zero attached hydrogens (tertiary/aromatic N) is 3. The van der Waals surface area contributed by atoms with Crippen LogP contribution in [0, 0.1) is 35.1 Å². The van der Waals surface area contributed by atoms with Crippen LogP contribution < -0.4 is 9.47 Å². The molecule has 0 bridgehead atoms. The second kappa shape index (κ2) is 10.6. The number of methoxy groups -OCH3 is 1. The molecule has 3 aromatic carbocycles. The van der Waals surface area contributed by atoms with Gasteiger partial charge in [0.25, 0.3) is 11.4 Å². The Morgan fingerprint density at radius 1 is 1.03 bits per heavy atom. The molecule has 0 aliphatic carbocycles. The van der Waals surface area contributed by atoms with E-state index < -0.39 is 9.85 Å². The fraction of sp³-hybridized carbons (Fsp3) is 0.0870. The number of nitro benzene ring substituents is 2. The highest BCUT2D eigenvalue weighted by Gasteiger charge is 2.13. The molecular formula is C23H16IN3O6. The minimum absolute atomic E-state index is 0.00312. The van der Waals surface area contributed by atoms with Crippen LogP contribution in [-0.4, -0.2) is 17.0 Å². The molecule has 0 aliphatic rings. The van der Waals surface area contributed by atoms with Crippen molar-refractivity contribution >= 4 is 45.6 Å². The lowest BCUT2D eigenvalue weighted by atomic mass is 10.0. The van der Waals surface area contributed by atoms with Crippen LogP contribution in [0.3, 0.4) is 0 Å². The highest BCUT2D eigenvalue weighted by atomic mass is 127. The molecule has 0 fully saturated rings. The maximum atomic E-state index is 10.8. The molecule has 0 N–H and O–H groups in total. The summed E-state index contributed by atoms with van der Waals surface area (Å²) in [5.74, 6) is 0.957. The molecule has 10 heteroatoms. The Labute approximate surface area is 202 Å². The van der Waals surface area contributed by atoms with E-state index in [1.165, 1.54) is 43.5 Å². The van der Waals surface area contributed by atoms with E-state index in [-0.39, 0.29) is 18.0 Å². The zero-order valence-corrected chi connectivity index (χ0v) is 19.4. The van der Waals surface area contributed by atoms with Gasteiger partial charge in [-0.05, 0) is 81.8 Å². The molecule has 0 unspecified atom stereocenters. The maximum absolute atomic E-state index is 10.8. The Balaban J connectivity index is 1.84. The number of non-ortho nitro benzene ring substituents is 2. The molecule has 0 aromatic heterocycles. The highest BCUT2D eigenvalue weighted by molar-refractivity contribution is 14.1. The van der Waals surface area contributed by atoms with Crippen molar-refractivity contribution in [1.82, 2.24) is 0 Å². The molecule has 0 saturated carbocycles. The fourth-order valence-electron chi connectivity index (χ4n) is 2.94. The van der Waals surface area contributed by atoms with E-state index in [0.717, 1.165) is 9.13 Å². The Morgan fingerprint density at radius 2 is 1.61 bits per heavy atom. The van der Waals surface area contributed by atoms with E-state index in [0.29, 0.717) is 28.2 Å². The number of nitro groups is 2. The van der Waals surface area contributed by atoms with Gasteiger partial charge in [0.15, 0.2) is 11.5 Å². The number of halogens is 1. The fourth-order valence-corrected chi connectivity index (χ4v) is 3.72. The molecule has 166 valence electrons. The number of hydrogen-bond acceptors (Lipinski definition) is 7. The number of allylic oxidation sites excluding steroid dienone is 1. The molecule has 9 nitrogen and oxygen atoms in total. The number of hydrogen-bond donors (Lipinski definition) is 0. The Kier molecular flexibility index (Phi) is 7.57. The first-order valence-electron chi connectivity index (χ1n) is 9.42. The second-order valence-corrected chi connectivity index (χ2v) is 7.88. The summed E-state index contributed by atoms with van der Waals surface area (Å²) >= 11 is 2.10. The van der Waals surface area contributed by atoms with Gasteiger partial charge in [0.2, 0.25) is 0 Å². The molecule has 0 radical (unpaired) electrons. The summed E-state index contributed by atoms with van der Waals surface area (Å²) in [6.07, 6.45) is 1.66. The van der Waals surface area contributed by atoms with Gasteiger partial charge < -0.3 is 9.47 Å². The monoisotopic (exact) mass is 557 g/mol. The standard InChI is InChI=1S/C23H16IN3O6/c1-32-22-12-16(10-18(13-25)17-4-8-20(9-5-17)27(30)31)11-21(24)23(22)33-14-15-2-6-19(7-3-15)26(28)29/h2-12H,14H2,1H3/b18-10-. The van der Waals surface area contributed by atoms with Crippen LogP contribution >= 0.6 is 22.6 Å². The number of nitriles is 1. The largest absolute Gasteiger partial charge is 0.493 e. The minimum Gasteiger partial charge on any atom is -0.493 e. The number of rotatable bonds is 8. The molecular weight excluding hydrogens is 541 g/mol. The topological polar surface area (TPSA) is 129 Å². The molecule has 3 rings (SSSR count). The lowest BCUT2D eigenvalue weighted by Crippen LogP contribution is -2.00. The van der Waals surface area contributed by atoms with E-state index in [4.69, 9.17) is 9.47 Å². The third-order valence-electron chi connectivity index (χ3n) is 4.60. The minimum atomic E-state index is -0.498. The first kappa shape index (κ1) is 23.7. The summed E-state index contributed by atoms with van der Waals surface area (Å²) in [5, 5.41) is 31.2. The van der Waals surface area contributed by atoms with Gasteiger partial charge in [-0.1, -0.05) is 0 Å². The molecule has 0 heterocycles. The van der Waals surface area contributed by atoms with E-state index in [1.807, 2.05) is 6.07 Å². The van der Waals surface area contributed by atoms with Crippen molar-refractivity contribution in [2.24, 2.45) is 0 Å². The van der Waals surface area contributed by atoms with Crippen molar-refractivity contribution < 1.29 is 19.3 Å². The van der Waals surface area contributed by atoms with Gasteiger partial charge in [-0.3, -0.25) is 20.2 Å². The third-order valence-corrected chi connectivity index (χ3v) is 5.40. The van der Waals surface area contributed by atoms with Crippen LogP contribution in [0.1, 0.15) is 16.7 Å². The predicted molar refractivity (Wildman–Crippen MR) is 130 cm³/mol. The Bertz CT molecular complexity index is 1270. The van der Waals surface area contributed by atoms with Crippen LogP contribution in [-0.2, 0) is 6.61 Å². The van der Waals surface area contributed by atoms with Crippen molar-refractivity contribution in [3.63, 3.8) is 0 Å². The molecule has 3 aromatic rings. The average molecular weight is 557 g/mol. The summed E-state index contributed by atoms with van der Waals surface area (Å²) in [7, 11) is 1.50. The van der Waals surface area contributed by atoms with E-state index in [1.54, 1.807) is 24.3 Å². The van der Waals surface area contributed by atoms with Gasteiger partial charge in [-0.25, -0.2) is 0 Å². The zero-order valence-electron chi connectivity index (χ0n) is 17.2. The van der Waals surface area contributed by atoms with Gasteiger partial charge in [0.1, 0.15) is 6.61 Å². The number of ether oxygens (including phenoxy) is 2. The quantitative estimate of drug-likeness (QED) is 0.113. The van der Waals surface area contributed by atoms with Crippen LogP contribution in [0.2, 0.25) is 0 Å². The van der Waals surface area contributed by atoms with Crippen LogP contribution in [0.4, 0.5) is 11.4 Å². The van der Waals surface area contributed by atoms with Crippen molar-refractivity contribution in [1.29, 1.82) is 5.26 Å². The first-order valence-corrected chi connectivity index (χ1v) is 10.5. The van der Waals surface area contributed by atoms with E-state index in [2.05, 4.69) is 28.7 Å². The van der Waals surface area contributed by atoms with Crippen molar-refractivity contribution in [2.45, 2.75) is 6.61 Å². The second-order valence-electron chi connectivity index (χ2n) is 6.72. The van der Waals surface area contributed by atoms with Gasteiger partial charge in [0.05, 0.1) is 32.2 Å². The molecule has 0 saturated heterocycles. The summed E-state index contributed by atoms with van der Waals surface area (Å²) in [5.41, 5.74) is 2.28. The van der Waals surface area contributed by atoms with Crippen molar-refractivity contribution in [3.8, 4) is 17.6 Å². The molecule has 0 spiro atoms. The molecule has 0 atom stereocenters. The predicted octanol–water partition coefficient (Wildman–Crippen LogP) is 5.76. The summed E-state index contributed by atoms with van der Waals surface area (Å²) in [4.78, 5) is 20.7. The van der Waals surface area contributed by atoms with Crippen molar-refractivity contribution in [2.75, 3.05) is 7.11 Å². The molecule has 0 amide bonds. The summed E-state index contributed by atoms with van der Waals surface area (Å²) in [6.45, 7) is 0.186. The molecule has 0 aliphatic heterocycles. The Hall–Kier alpha value is -3.98. The molecule has 33 heavy (non-hydrogen) atoms. The third kappa shape index (κ3) is 5.83. The van der Waals surface area contributed by atoms with Gasteiger partial charge in [-0.15, -0.1) is 0 Å². The van der Waals surface area contributed by atoms with Crippen LogP contribution in [0.5, 0.6) is 11.5 Å². The van der Waals surface area contributed by atoms with Crippen molar-refractivity contribution in [3.05, 3.63) is 101 Å². The highest BCUT2D eigenvalue weighted by Crippen LogP contribution is 2.36. The summed E-state index contributed by atoms with van der Waals surface area (Å²) < 4.78 is 12.1. The van der Waals surface area contributed by atoms with Crippen LogP contribution in [0.15, 0.2) is 60.7 Å².